The average molecular weight is 311 g/mol. The van der Waals surface area contributed by atoms with Gasteiger partial charge in [-0.3, -0.25) is 15.1 Å². The zero-order valence-corrected chi connectivity index (χ0v) is 13.7. The number of hydrogen-bond donors (Lipinski definition) is 0. The molecule has 0 unspecified atom stereocenters. The Labute approximate surface area is 136 Å². The summed E-state index contributed by atoms with van der Waals surface area (Å²) in [5.41, 5.74) is 3.73. The van der Waals surface area contributed by atoms with Gasteiger partial charge in [-0.2, -0.15) is 0 Å². The quantitative estimate of drug-likeness (QED) is 0.448. The van der Waals surface area contributed by atoms with Crippen molar-refractivity contribution in [3.8, 4) is 0 Å². The Bertz CT molecular complexity index is 705. The highest BCUT2D eigenvalue weighted by molar-refractivity contribution is 5.83. The van der Waals surface area contributed by atoms with E-state index in [1.54, 1.807) is 12.3 Å². The Balaban J connectivity index is 2.20. The van der Waals surface area contributed by atoms with Crippen LogP contribution in [0.3, 0.4) is 0 Å². The van der Waals surface area contributed by atoms with E-state index in [1.807, 2.05) is 19.1 Å². The number of aliphatic imine (C=N–C) groups is 1. The van der Waals surface area contributed by atoms with Gasteiger partial charge in [-0.15, -0.1) is 0 Å². The molecule has 0 N–H and O–H groups in total. The maximum Gasteiger partial charge on any atom is 0.271 e. The molecule has 2 aromatic rings. The summed E-state index contributed by atoms with van der Waals surface area (Å²) < 4.78 is 0. The smallest absolute Gasteiger partial charge is 0.271 e. The molecule has 0 saturated carbocycles. The van der Waals surface area contributed by atoms with Crippen molar-refractivity contribution in [1.82, 2.24) is 0 Å². The van der Waals surface area contributed by atoms with Crippen LogP contribution in [0.25, 0.3) is 0 Å². The van der Waals surface area contributed by atoms with Crippen LogP contribution < -0.4 is 4.90 Å². The molecule has 0 heterocycles. The van der Waals surface area contributed by atoms with Gasteiger partial charge in [0, 0.05) is 37.1 Å². The lowest BCUT2D eigenvalue weighted by atomic mass is 10.1. The number of rotatable bonds is 6. The van der Waals surface area contributed by atoms with E-state index in [-0.39, 0.29) is 5.69 Å². The van der Waals surface area contributed by atoms with Crippen LogP contribution in [0.2, 0.25) is 0 Å². The number of anilines is 1. The first-order valence-electron chi connectivity index (χ1n) is 7.69. The van der Waals surface area contributed by atoms with Crippen LogP contribution in [0.4, 0.5) is 17.1 Å². The summed E-state index contributed by atoms with van der Waals surface area (Å²) >= 11 is 0. The third-order valence-electron chi connectivity index (χ3n) is 3.78. The molecule has 5 heteroatoms. The first-order chi connectivity index (χ1) is 11.0. The van der Waals surface area contributed by atoms with Gasteiger partial charge in [0.2, 0.25) is 0 Å². The number of nitro benzene ring substituents is 1. The molecule has 0 saturated heterocycles. The van der Waals surface area contributed by atoms with Crippen LogP contribution in [0, 0.1) is 17.0 Å². The molecule has 0 amide bonds. The minimum atomic E-state index is -0.405. The lowest BCUT2D eigenvalue weighted by molar-refractivity contribution is -0.384. The standard InChI is InChI=1S/C18H21N3O2/c1-4-20(5-2)16-10-7-15(8-11-16)13-19-18-12-17(21(22)23)9-6-14(18)3/h6-13H,4-5H2,1-3H3. The molecule has 0 aliphatic heterocycles. The highest BCUT2D eigenvalue weighted by Crippen LogP contribution is 2.24. The molecule has 0 fully saturated rings. The van der Waals surface area contributed by atoms with Crippen molar-refractivity contribution in [1.29, 1.82) is 0 Å². The second-order valence-corrected chi connectivity index (χ2v) is 5.25. The highest BCUT2D eigenvalue weighted by Gasteiger charge is 2.07. The zero-order chi connectivity index (χ0) is 16.8. The molecule has 120 valence electrons. The molecule has 0 spiro atoms. The molecular weight excluding hydrogens is 290 g/mol. The zero-order valence-electron chi connectivity index (χ0n) is 13.7. The summed E-state index contributed by atoms with van der Waals surface area (Å²) in [6.45, 7) is 8.08. The second-order valence-electron chi connectivity index (χ2n) is 5.25. The lowest BCUT2D eigenvalue weighted by Gasteiger charge is -2.20. The van der Waals surface area contributed by atoms with Crippen LogP contribution in [-0.2, 0) is 0 Å². The minimum absolute atomic E-state index is 0.0552. The molecule has 0 radical (unpaired) electrons. The average Bonchev–Trinajstić information content (AvgIpc) is 2.56. The number of benzene rings is 2. The first-order valence-corrected chi connectivity index (χ1v) is 7.69. The molecule has 23 heavy (non-hydrogen) atoms. The Hall–Kier alpha value is -2.69. The Morgan fingerprint density at radius 3 is 2.35 bits per heavy atom. The van der Waals surface area contributed by atoms with E-state index in [0.717, 1.165) is 24.2 Å². The third kappa shape index (κ3) is 4.16. The fourth-order valence-corrected chi connectivity index (χ4v) is 2.35. The maximum atomic E-state index is 10.8. The number of hydrogen-bond acceptors (Lipinski definition) is 4. The van der Waals surface area contributed by atoms with Crippen molar-refractivity contribution in [2.45, 2.75) is 20.8 Å². The molecular formula is C18H21N3O2. The lowest BCUT2D eigenvalue weighted by Crippen LogP contribution is -2.21. The number of non-ortho nitro benzene ring substituents is 1. The summed E-state index contributed by atoms with van der Waals surface area (Å²) in [5, 5.41) is 10.8. The van der Waals surface area contributed by atoms with Crippen molar-refractivity contribution < 1.29 is 4.92 Å². The SMILES string of the molecule is CCN(CC)c1ccc(C=Nc2cc([N+](=O)[O-])ccc2C)cc1. The molecule has 2 rings (SSSR count). The van der Waals surface area contributed by atoms with Crippen LogP contribution >= 0.6 is 0 Å². The largest absolute Gasteiger partial charge is 0.372 e. The van der Waals surface area contributed by atoms with Crippen molar-refractivity contribution >= 4 is 23.3 Å². The van der Waals surface area contributed by atoms with Crippen LogP contribution in [0.15, 0.2) is 47.5 Å². The topological polar surface area (TPSA) is 58.7 Å². The first kappa shape index (κ1) is 16.7. The van der Waals surface area contributed by atoms with E-state index in [4.69, 9.17) is 0 Å². The fraction of sp³-hybridized carbons (Fsp3) is 0.278. The predicted molar refractivity (Wildman–Crippen MR) is 95.1 cm³/mol. The van der Waals surface area contributed by atoms with E-state index >= 15 is 0 Å². The predicted octanol–water partition coefficient (Wildman–Crippen LogP) is 4.50. The van der Waals surface area contributed by atoms with Crippen molar-refractivity contribution in [3.05, 3.63) is 63.7 Å². The van der Waals surface area contributed by atoms with E-state index in [0.29, 0.717) is 5.69 Å². The van der Waals surface area contributed by atoms with Gasteiger partial charge in [-0.05, 0) is 44.0 Å². The van der Waals surface area contributed by atoms with Gasteiger partial charge in [-0.1, -0.05) is 18.2 Å². The van der Waals surface area contributed by atoms with E-state index in [9.17, 15) is 10.1 Å². The van der Waals surface area contributed by atoms with Crippen LogP contribution in [-0.4, -0.2) is 24.2 Å². The van der Waals surface area contributed by atoms with Crippen LogP contribution in [0.5, 0.6) is 0 Å². The number of aryl methyl sites for hydroxylation is 1. The van der Waals surface area contributed by atoms with E-state index in [1.165, 1.54) is 17.8 Å². The van der Waals surface area contributed by atoms with E-state index in [2.05, 4.69) is 35.9 Å². The summed E-state index contributed by atoms with van der Waals surface area (Å²) in [5.74, 6) is 0. The van der Waals surface area contributed by atoms with Gasteiger partial charge in [0.15, 0.2) is 0 Å². The van der Waals surface area contributed by atoms with Gasteiger partial charge < -0.3 is 4.90 Å². The summed E-state index contributed by atoms with van der Waals surface area (Å²) in [6, 6.07) is 12.8. The summed E-state index contributed by atoms with van der Waals surface area (Å²) in [7, 11) is 0. The third-order valence-corrected chi connectivity index (χ3v) is 3.78. The van der Waals surface area contributed by atoms with Gasteiger partial charge in [0.25, 0.3) is 5.69 Å². The Kier molecular flexibility index (Phi) is 5.46. The number of nitro groups is 1. The molecule has 0 bridgehead atoms. The van der Waals surface area contributed by atoms with Crippen molar-refractivity contribution in [3.63, 3.8) is 0 Å². The van der Waals surface area contributed by atoms with Crippen molar-refractivity contribution in [2.75, 3.05) is 18.0 Å². The summed E-state index contributed by atoms with van der Waals surface area (Å²) in [6.07, 6.45) is 1.73. The molecule has 0 aromatic heterocycles. The molecule has 2 aromatic carbocycles. The maximum absolute atomic E-state index is 10.8. The van der Waals surface area contributed by atoms with Gasteiger partial charge >= 0.3 is 0 Å². The molecule has 0 aliphatic rings. The second kappa shape index (κ2) is 7.54. The minimum Gasteiger partial charge on any atom is -0.372 e. The Morgan fingerprint density at radius 1 is 1.13 bits per heavy atom. The molecule has 0 aliphatic carbocycles. The molecule has 0 atom stereocenters. The fourth-order valence-electron chi connectivity index (χ4n) is 2.35. The van der Waals surface area contributed by atoms with Gasteiger partial charge in [-0.25, -0.2) is 0 Å². The van der Waals surface area contributed by atoms with Gasteiger partial charge in [0.05, 0.1) is 10.6 Å². The monoisotopic (exact) mass is 311 g/mol. The molecule has 5 nitrogen and oxygen atoms in total. The highest BCUT2D eigenvalue weighted by atomic mass is 16.6. The normalized spacial score (nSPS) is 10.9. The Morgan fingerprint density at radius 2 is 1.78 bits per heavy atom. The summed E-state index contributed by atoms with van der Waals surface area (Å²) in [4.78, 5) is 17.1. The van der Waals surface area contributed by atoms with Crippen molar-refractivity contribution in [2.24, 2.45) is 4.99 Å². The van der Waals surface area contributed by atoms with Crippen LogP contribution in [0.1, 0.15) is 25.0 Å². The number of nitrogens with zero attached hydrogens (tertiary/aromatic N) is 3. The van der Waals surface area contributed by atoms with E-state index < -0.39 is 4.92 Å². The van der Waals surface area contributed by atoms with Gasteiger partial charge in [0.1, 0.15) is 0 Å².